The minimum atomic E-state index is -0.242. The molecule has 0 spiro atoms. The number of hydrogen-bond acceptors (Lipinski definition) is 3. The van der Waals surface area contributed by atoms with Crippen LogP contribution in [-0.2, 0) is 20.0 Å². The Morgan fingerprint density at radius 2 is 2.32 bits per heavy atom. The molecule has 2 rings (SSSR count). The largest absolute Gasteiger partial charge is 0.346 e. The Morgan fingerprint density at radius 3 is 3.00 bits per heavy atom. The Hall–Kier alpha value is -1.88. The van der Waals surface area contributed by atoms with E-state index in [0.29, 0.717) is 17.3 Å². The summed E-state index contributed by atoms with van der Waals surface area (Å²) in [5.41, 5.74) is 2.32. The second kappa shape index (κ2) is 5.84. The first kappa shape index (κ1) is 13.5. The van der Waals surface area contributed by atoms with E-state index in [9.17, 15) is 4.79 Å². The van der Waals surface area contributed by atoms with Crippen LogP contribution in [0.1, 0.15) is 28.7 Å². The normalized spacial score (nSPS) is 10.5. The van der Waals surface area contributed by atoms with E-state index < -0.39 is 0 Å². The van der Waals surface area contributed by atoms with Crippen LogP contribution in [0, 0.1) is 0 Å². The maximum atomic E-state index is 11.9. The molecule has 1 amide bonds. The minimum absolute atomic E-state index is 0.242. The van der Waals surface area contributed by atoms with Crippen LogP contribution in [0.15, 0.2) is 24.5 Å². The van der Waals surface area contributed by atoms with Crippen molar-refractivity contribution in [2.24, 2.45) is 7.05 Å². The molecule has 0 aromatic carbocycles. The number of aryl methyl sites for hydroxylation is 2. The Balaban J connectivity index is 2.04. The van der Waals surface area contributed by atoms with Crippen molar-refractivity contribution in [2.45, 2.75) is 19.9 Å². The van der Waals surface area contributed by atoms with Gasteiger partial charge < -0.3 is 5.32 Å². The Labute approximate surface area is 116 Å². The number of pyridine rings is 1. The molecule has 0 aliphatic heterocycles. The first-order valence-corrected chi connectivity index (χ1v) is 6.39. The van der Waals surface area contributed by atoms with Crippen LogP contribution in [0.2, 0.25) is 5.02 Å². The fourth-order valence-corrected chi connectivity index (χ4v) is 1.98. The van der Waals surface area contributed by atoms with Crippen molar-refractivity contribution < 1.29 is 4.79 Å². The Morgan fingerprint density at radius 1 is 1.53 bits per heavy atom. The van der Waals surface area contributed by atoms with Gasteiger partial charge in [0.2, 0.25) is 0 Å². The SMILES string of the molecule is CCc1nn(C)cc1CNC(=O)c1cc(Cl)ccn1. The summed E-state index contributed by atoms with van der Waals surface area (Å²) in [4.78, 5) is 15.9. The standard InChI is InChI=1S/C13H15ClN4O/c1-3-11-9(8-18(2)17-11)7-16-13(19)12-6-10(14)4-5-15-12/h4-6,8H,3,7H2,1-2H3,(H,16,19). The van der Waals surface area contributed by atoms with Gasteiger partial charge in [-0.2, -0.15) is 5.10 Å². The first-order chi connectivity index (χ1) is 9.10. The van der Waals surface area contributed by atoms with Crippen LogP contribution in [0.3, 0.4) is 0 Å². The van der Waals surface area contributed by atoms with Crippen LogP contribution < -0.4 is 5.32 Å². The van der Waals surface area contributed by atoms with Crippen molar-refractivity contribution in [1.29, 1.82) is 0 Å². The molecule has 0 atom stereocenters. The third kappa shape index (κ3) is 3.32. The molecule has 0 saturated carbocycles. The third-order valence-electron chi connectivity index (χ3n) is 2.72. The Kier molecular flexibility index (Phi) is 4.16. The number of hydrogen-bond donors (Lipinski definition) is 1. The zero-order valence-electron chi connectivity index (χ0n) is 10.9. The molecule has 5 nitrogen and oxygen atoms in total. The maximum absolute atomic E-state index is 11.9. The summed E-state index contributed by atoms with van der Waals surface area (Å²) in [6.07, 6.45) is 4.25. The summed E-state index contributed by atoms with van der Waals surface area (Å²) >= 11 is 5.82. The number of carbonyl (C=O) groups is 1. The van der Waals surface area contributed by atoms with E-state index in [2.05, 4.69) is 15.4 Å². The Bertz CT molecular complexity index is 594. The van der Waals surface area contributed by atoms with Gasteiger partial charge in [0, 0.05) is 36.6 Å². The van der Waals surface area contributed by atoms with Crippen molar-refractivity contribution >= 4 is 17.5 Å². The van der Waals surface area contributed by atoms with Crippen molar-refractivity contribution in [3.05, 3.63) is 46.5 Å². The number of amides is 1. The lowest BCUT2D eigenvalue weighted by Gasteiger charge is -2.04. The summed E-state index contributed by atoms with van der Waals surface area (Å²) in [5.74, 6) is -0.242. The number of nitrogens with zero attached hydrogens (tertiary/aromatic N) is 3. The molecule has 0 fully saturated rings. The lowest BCUT2D eigenvalue weighted by molar-refractivity contribution is 0.0946. The molecule has 19 heavy (non-hydrogen) atoms. The molecule has 0 unspecified atom stereocenters. The molecule has 0 saturated heterocycles. The topological polar surface area (TPSA) is 59.8 Å². The van der Waals surface area contributed by atoms with Crippen molar-refractivity contribution in [2.75, 3.05) is 0 Å². The van der Waals surface area contributed by atoms with Crippen LogP contribution in [0.4, 0.5) is 0 Å². The summed E-state index contributed by atoms with van der Waals surface area (Å²) < 4.78 is 1.75. The van der Waals surface area contributed by atoms with Gasteiger partial charge in [-0.15, -0.1) is 0 Å². The number of rotatable bonds is 4. The summed E-state index contributed by atoms with van der Waals surface area (Å²) in [7, 11) is 1.86. The average Bonchev–Trinajstić information content (AvgIpc) is 2.76. The molecule has 0 radical (unpaired) electrons. The predicted octanol–water partition coefficient (Wildman–Crippen LogP) is 1.96. The van der Waals surface area contributed by atoms with E-state index >= 15 is 0 Å². The van der Waals surface area contributed by atoms with Gasteiger partial charge in [-0.05, 0) is 18.6 Å². The summed E-state index contributed by atoms with van der Waals surface area (Å²) in [5, 5.41) is 7.64. The average molecular weight is 279 g/mol. The lowest BCUT2D eigenvalue weighted by atomic mass is 10.2. The number of carbonyl (C=O) groups excluding carboxylic acids is 1. The third-order valence-corrected chi connectivity index (χ3v) is 2.96. The molecule has 2 heterocycles. The second-order valence-electron chi connectivity index (χ2n) is 4.17. The van der Waals surface area contributed by atoms with Crippen LogP contribution in [0.25, 0.3) is 0 Å². The number of aromatic nitrogens is 3. The zero-order chi connectivity index (χ0) is 13.8. The van der Waals surface area contributed by atoms with Crippen LogP contribution in [-0.4, -0.2) is 20.7 Å². The second-order valence-corrected chi connectivity index (χ2v) is 4.61. The van der Waals surface area contributed by atoms with Gasteiger partial charge in [-0.25, -0.2) is 0 Å². The van der Waals surface area contributed by atoms with Gasteiger partial charge in [-0.1, -0.05) is 18.5 Å². The first-order valence-electron chi connectivity index (χ1n) is 6.01. The van der Waals surface area contributed by atoms with Crippen molar-refractivity contribution in [1.82, 2.24) is 20.1 Å². The highest BCUT2D eigenvalue weighted by atomic mass is 35.5. The van der Waals surface area contributed by atoms with Gasteiger partial charge in [0.05, 0.1) is 5.69 Å². The van der Waals surface area contributed by atoms with Gasteiger partial charge in [-0.3, -0.25) is 14.5 Å². The van der Waals surface area contributed by atoms with Gasteiger partial charge in [0.15, 0.2) is 0 Å². The highest BCUT2D eigenvalue weighted by Gasteiger charge is 2.10. The highest BCUT2D eigenvalue weighted by Crippen LogP contribution is 2.09. The molecular weight excluding hydrogens is 264 g/mol. The van der Waals surface area contributed by atoms with Crippen molar-refractivity contribution in [3.63, 3.8) is 0 Å². The molecule has 1 N–H and O–H groups in total. The summed E-state index contributed by atoms with van der Waals surface area (Å²) in [6.45, 7) is 2.47. The monoisotopic (exact) mass is 278 g/mol. The van der Waals surface area contributed by atoms with Crippen molar-refractivity contribution in [3.8, 4) is 0 Å². The lowest BCUT2D eigenvalue weighted by Crippen LogP contribution is -2.24. The van der Waals surface area contributed by atoms with Gasteiger partial charge >= 0.3 is 0 Å². The fourth-order valence-electron chi connectivity index (χ4n) is 1.82. The van der Waals surface area contributed by atoms with Gasteiger partial charge in [0.25, 0.3) is 5.91 Å². The molecule has 2 aromatic heterocycles. The predicted molar refractivity (Wildman–Crippen MR) is 73.0 cm³/mol. The molecule has 0 bridgehead atoms. The number of nitrogens with one attached hydrogen (secondary N) is 1. The van der Waals surface area contributed by atoms with E-state index in [-0.39, 0.29) is 5.91 Å². The summed E-state index contributed by atoms with van der Waals surface area (Å²) in [6, 6.07) is 3.18. The van der Waals surface area contributed by atoms with Gasteiger partial charge in [0.1, 0.15) is 5.69 Å². The number of halogens is 1. The quantitative estimate of drug-likeness (QED) is 0.930. The van der Waals surface area contributed by atoms with E-state index in [0.717, 1.165) is 17.7 Å². The zero-order valence-corrected chi connectivity index (χ0v) is 11.6. The molecule has 6 heteroatoms. The van der Waals surface area contributed by atoms with E-state index in [4.69, 9.17) is 11.6 Å². The van der Waals surface area contributed by atoms with E-state index in [1.807, 2.05) is 20.2 Å². The van der Waals surface area contributed by atoms with E-state index in [1.54, 1.807) is 16.8 Å². The molecule has 0 aliphatic carbocycles. The van der Waals surface area contributed by atoms with Crippen LogP contribution in [0.5, 0.6) is 0 Å². The highest BCUT2D eigenvalue weighted by molar-refractivity contribution is 6.30. The molecule has 100 valence electrons. The van der Waals surface area contributed by atoms with Crippen LogP contribution >= 0.6 is 11.6 Å². The molecule has 0 aliphatic rings. The molecule has 2 aromatic rings. The minimum Gasteiger partial charge on any atom is -0.346 e. The molecular formula is C13H15ClN4O. The fraction of sp³-hybridized carbons (Fsp3) is 0.308. The smallest absolute Gasteiger partial charge is 0.270 e. The maximum Gasteiger partial charge on any atom is 0.270 e. The van der Waals surface area contributed by atoms with E-state index in [1.165, 1.54) is 6.20 Å².